The van der Waals surface area contributed by atoms with Crippen molar-refractivity contribution in [3.63, 3.8) is 0 Å². The molecule has 0 radical (unpaired) electrons. The van der Waals surface area contributed by atoms with E-state index in [0.29, 0.717) is 5.56 Å². The van der Waals surface area contributed by atoms with Crippen LogP contribution in [0.15, 0.2) is 46.9 Å². The lowest BCUT2D eigenvalue weighted by atomic mass is 9.94. The molecule has 5 heteroatoms. The maximum Gasteiger partial charge on any atom is 0.416 e. The molecule has 2 aromatic rings. The van der Waals surface area contributed by atoms with Crippen LogP contribution in [0.3, 0.4) is 0 Å². The molecule has 0 aromatic heterocycles. The van der Waals surface area contributed by atoms with Gasteiger partial charge in [-0.3, -0.25) is 0 Å². The van der Waals surface area contributed by atoms with Crippen molar-refractivity contribution in [3.05, 3.63) is 69.2 Å². The number of benzene rings is 2. The molecule has 1 unspecified atom stereocenters. The largest absolute Gasteiger partial charge is 0.416 e. The normalized spacial score (nSPS) is 13.3. The van der Waals surface area contributed by atoms with Crippen molar-refractivity contribution >= 4 is 15.9 Å². The Morgan fingerprint density at radius 1 is 1.10 bits per heavy atom. The molecule has 0 aliphatic rings. The van der Waals surface area contributed by atoms with Crippen molar-refractivity contribution in [1.82, 2.24) is 0 Å². The molecule has 0 amide bonds. The van der Waals surface area contributed by atoms with E-state index in [1.165, 1.54) is 12.1 Å². The van der Waals surface area contributed by atoms with E-state index in [0.717, 1.165) is 16.1 Å². The molecule has 0 aliphatic carbocycles. The summed E-state index contributed by atoms with van der Waals surface area (Å²) in [5.74, 6) is 0. The highest BCUT2D eigenvalue weighted by Gasteiger charge is 2.34. The van der Waals surface area contributed by atoms with Gasteiger partial charge in [-0.25, -0.2) is 0 Å². The van der Waals surface area contributed by atoms with Gasteiger partial charge in [0.2, 0.25) is 0 Å². The molecular formula is C15H13BrF3N. The van der Waals surface area contributed by atoms with Crippen molar-refractivity contribution in [3.8, 4) is 0 Å². The van der Waals surface area contributed by atoms with Gasteiger partial charge in [0, 0.05) is 4.47 Å². The maximum absolute atomic E-state index is 13.0. The van der Waals surface area contributed by atoms with Crippen LogP contribution < -0.4 is 5.73 Å². The van der Waals surface area contributed by atoms with E-state index in [1.807, 2.05) is 13.0 Å². The monoisotopic (exact) mass is 343 g/mol. The molecule has 2 aromatic carbocycles. The second-order valence-corrected chi connectivity index (χ2v) is 5.54. The van der Waals surface area contributed by atoms with Crippen LogP contribution in [0.4, 0.5) is 13.2 Å². The van der Waals surface area contributed by atoms with E-state index < -0.39 is 17.8 Å². The fourth-order valence-electron chi connectivity index (χ4n) is 2.15. The minimum Gasteiger partial charge on any atom is -0.320 e. The third kappa shape index (κ3) is 3.22. The molecule has 106 valence electrons. The molecule has 0 spiro atoms. The summed E-state index contributed by atoms with van der Waals surface area (Å²) in [4.78, 5) is 0. The molecule has 0 aliphatic heterocycles. The van der Waals surface area contributed by atoms with E-state index in [-0.39, 0.29) is 5.56 Å². The fourth-order valence-corrected chi connectivity index (χ4v) is 2.78. The zero-order valence-corrected chi connectivity index (χ0v) is 12.3. The molecule has 2 rings (SSSR count). The van der Waals surface area contributed by atoms with Crippen LogP contribution >= 0.6 is 15.9 Å². The van der Waals surface area contributed by atoms with Crippen molar-refractivity contribution < 1.29 is 13.2 Å². The lowest BCUT2D eigenvalue weighted by Crippen LogP contribution is -2.18. The van der Waals surface area contributed by atoms with Crippen LogP contribution in [0.25, 0.3) is 0 Å². The zero-order chi connectivity index (χ0) is 14.9. The lowest BCUT2D eigenvalue weighted by molar-refractivity contribution is -0.138. The van der Waals surface area contributed by atoms with Gasteiger partial charge in [-0.05, 0) is 41.8 Å². The van der Waals surface area contributed by atoms with Crippen LogP contribution in [0.2, 0.25) is 0 Å². The highest BCUT2D eigenvalue weighted by atomic mass is 79.9. The van der Waals surface area contributed by atoms with Gasteiger partial charge in [0.1, 0.15) is 0 Å². The van der Waals surface area contributed by atoms with Gasteiger partial charge >= 0.3 is 6.18 Å². The molecule has 20 heavy (non-hydrogen) atoms. The highest BCUT2D eigenvalue weighted by Crippen LogP contribution is 2.36. The second kappa shape index (κ2) is 5.58. The highest BCUT2D eigenvalue weighted by molar-refractivity contribution is 9.10. The van der Waals surface area contributed by atoms with Crippen LogP contribution in [-0.2, 0) is 6.18 Å². The average Bonchev–Trinajstić information content (AvgIpc) is 2.35. The first-order valence-corrected chi connectivity index (χ1v) is 6.77. The van der Waals surface area contributed by atoms with E-state index in [4.69, 9.17) is 5.73 Å². The fraction of sp³-hybridized carbons (Fsp3) is 0.200. The zero-order valence-electron chi connectivity index (χ0n) is 10.7. The van der Waals surface area contributed by atoms with Gasteiger partial charge in [-0.1, -0.05) is 40.2 Å². The van der Waals surface area contributed by atoms with Gasteiger partial charge in [0.15, 0.2) is 0 Å². The topological polar surface area (TPSA) is 26.0 Å². The van der Waals surface area contributed by atoms with Crippen molar-refractivity contribution in [2.24, 2.45) is 5.73 Å². The Labute approximate surface area is 123 Å². The van der Waals surface area contributed by atoms with E-state index in [2.05, 4.69) is 15.9 Å². The van der Waals surface area contributed by atoms with Crippen molar-refractivity contribution in [1.29, 1.82) is 0 Å². The number of halogens is 4. The van der Waals surface area contributed by atoms with Crippen molar-refractivity contribution in [2.45, 2.75) is 19.1 Å². The molecule has 0 saturated heterocycles. The number of rotatable bonds is 2. The Morgan fingerprint density at radius 3 is 2.35 bits per heavy atom. The number of hydrogen-bond donors (Lipinski definition) is 1. The van der Waals surface area contributed by atoms with E-state index >= 15 is 0 Å². The summed E-state index contributed by atoms with van der Waals surface area (Å²) in [5, 5.41) is 0. The predicted octanol–water partition coefficient (Wildman–Crippen LogP) is 4.82. The van der Waals surface area contributed by atoms with Crippen LogP contribution in [0, 0.1) is 6.92 Å². The third-order valence-electron chi connectivity index (χ3n) is 3.02. The Kier molecular flexibility index (Phi) is 4.20. The van der Waals surface area contributed by atoms with Gasteiger partial charge < -0.3 is 5.73 Å². The number of hydrogen-bond acceptors (Lipinski definition) is 1. The lowest BCUT2D eigenvalue weighted by Gasteiger charge is -2.19. The van der Waals surface area contributed by atoms with Crippen LogP contribution in [0.1, 0.15) is 28.3 Å². The molecule has 0 saturated carbocycles. The number of nitrogens with two attached hydrogens (primary N) is 1. The van der Waals surface area contributed by atoms with Crippen LogP contribution in [0.5, 0.6) is 0 Å². The molecule has 0 bridgehead atoms. The Balaban J connectivity index is 2.51. The SMILES string of the molecule is Cc1cc(Br)cc(C(N)c2ccccc2C(F)(F)F)c1. The minimum atomic E-state index is -4.41. The summed E-state index contributed by atoms with van der Waals surface area (Å²) < 4.78 is 39.9. The quantitative estimate of drug-likeness (QED) is 0.830. The maximum atomic E-state index is 13.0. The van der Waals surface area contributed by atoms with Crippen LogP contribution in [-0.4, -0.2) is 0 Å². The molecule has 1 atom stereocenters. The van der Waals surface area contributed by atoms with Gasteiger partial charge in [0.25, 0.3) is 0 Å². The number of alkyl halides is 3. The molecule has 2 N–H and O–H groups in total. The summed E-state index contributed by atoms with van der Waals surface area (Å²) in [6, 6.07) is 10.0. The van der Waals surface area contributed by atoms with Crippen molar-refractivity contribution in [2.75, 3.05) is 0 Å². The molecular weight excluding hydrogens is 331 g/mol. The smallest absolute Gasteiger partial charge is 0.320 e. The molecule has 0 heterocycles. The predicted molar refractivity (Wildman–Crippen MR) is 76.4 cm³/mol. The average molecular weight is 344 g/mol. The standard InChI is InChI=1S/C15H13BrF3N/c1-9-6-10(8-11(16)7-9)14(20)12-4-2-3-5-13(12)15(17,18)19/h2-8,14H,20H2,1H3. The summed E-state index contributed by atoms with van der Waals surface area (Å²) in [5.41, 5.74) is 7.01. The summed E-state index contributed by atoms with van der Waals surface area (Å²) in [7, 11) is 0. The van der Waals surface area contributed by atoms with Gasteiger partial charge in [-0.15, -0.1) is 0 Å². The summed E-state index contributed by atoms with van der Waals surface area (Å²) in [6.45, 7) is 1.87. The summed E-state index contributed by atoms with van der Waals surface area (Å²) in [6.07, 6.45) is -4.41. The minimum absolute atomic E-state index is 0.0810. The Bertz CT molecular complexity index is 603. The Hall–Kier alpha value is -1.33. The number of aryl methyl sites for hydroxylation is 1. The second-order valence-electron chi connectivity index (χ2n) is 4.62. The van der Waals surface area contributed by atoms with E-state index in [1.54, 1.807) is 18.2 Å². The molecule has 0 fully saturated rings. The first-order chi connectivity index (χ1) is 9.29. The first-order valence-electron chi connectivity index (χ1n) is 5.98. The van der Waals surface area contributed by atoms with E-state index in [9.17, 15) is 13.2 Å². The van der Waals surface area contributed by atoms with Gasteiger partial charge in [-0.2, -0.15) is 13.2 Å². The first kappa shape index (κ1) is 15.1. The summed E-state index contributed by atoms with van der Waals surface area (Å²) >= 11 is 3.33. The third-order valence-corrected chi connectivity index (χ3v) is 3.48. The molecule has 1 nitrogen and oxygen atoms in total. The van der Waals surface area contributed by atoms with Gasteiger partial charge in [0.05, 0.1) is 11.6 Å². The Morgan fingerprint density at radius 2 is 1.75 bits per heavy atom.